The number of hydrogen-bond donors (Lipinski definition) is 2. The number of carbonyl (C=O) groups excluding carboxylic acids is 1. The summed E-state index contributed by atoms with van der Waals surface area (Å²) < 4.78 is 0. The number of aliphatic hydroxyl groups excluding tert-OH is 1. The predicted molar refractivity (Wildman–Crippen MR) is 73.2 cm³/mol. The Morgan fingerprint density at radius 3 is 2.50 bits per heavy atom. The molecule has 2 unspecified atom stereocenters. The number of aliphatic hydroxyl groups is 1. The van der Waals surface area contributed by atoms with Gasteiger partial charge in [-0.05, 0) is 24.3 Å². The van der Waals surface area contributed by atoms with Gasteiger partial charge in [-0.2, -0.15) is 0 Å². The number of carbonyl (C=O) groups is 1. The molecule has 0 saturated carbocycles. The van der Waals surface area contributed by atoms with Crippen LogP contribution in [0.15, 0.2) is 0 Å². The Bertz CT molecular complexity index is 267. The second-order valence-corrected chi connectivity index (χ2v) is 6.21. The average molecular weight is 256 g/mol. The van der Waals surface area contributed by atoms with Crippen molar-refractivity contribution in [2.75, 3.05) is 26.2 Å². The van der Waals surface area contributed by atoms with E-state index in [1.165, 1.54) is 0 Å². The number of nitrogens with zero attached hydrogens (tertiary/aromatic N) is 1. The molecule has 2 atom stereocenters. The van der Waals surface area contributed by atoms with E-state index in [1.54, 1.807) is 0 Å². The zero-order chi connectivity index (χ0) is 13.7. The first-order chi connectivity index (χ1) is 8.40. The lowest BCUT2D eigenvalue weighted by Crippen LogP contribution is -2.40. The number of nitrogens with one attached hydrogen (secondary N) is 1. The molecular weight excluding hydrogens is 228 g/mol. The van der Waals surface area contributed by atoms with Gasteiger partial charge in [0, 0.05) is 26.1 Å². The van der Waals surface area contributed by atoms with Crippen LogP contribution < -0.4 is 5.32 Å². The molecule has 4 heteroatoms. The first-order valence-electron chi connectivity index (χ1n) is 7.06. The molecule has 1 aliphatic rings. The number of likely N-dealkylation sites (tertiary alicyclic amines) is 1. The van der Waals surface area contributed by atoms with Crippen molar-refractivity contribution in [2.24, 2.45) is 17.8 Å². The van der Waals surface area contributed by atoms with E-state index in [1.807, 2.05) is 4.90 Å². The molecule has 0 bridgehead atoms. The normalized spacial score (nSPS) is 22.3. The fraction of sp³-hybridized carbons (Fsp3) is 0.929. The fourth-order valence-electron chi connectivity index (χ4n) is 2.28. The van der Waals surface area contributed by atoms with Gasteiger partial charge < -0.3 is 15.3 Å². The standard InChI is InChI=1S/C14H28N2O2/c1-10(2)6-15-7-13(17)9-16-8-12(11(3)4)5-14(16)18/h10-13,15,17H,5-9H2,1-4H3. The Hall–Kier alpha value is -0.610. The summed E-state index contributed by atoms with van der Waals surface area (Å²) >= 11 is 0. The quantitative estimate of drug-likeness (QED) is 0.717. The van der Waals surface area contributed by atoms with E-state index >= 15 is 0 Å². The number of amides is 1. The van der Waals surface area contributed by atoms with Gasteiger partial charge in [0.15, 0.2) is 0 Å². The third kappa shape index (κ3) is 4.94. The lowest BCUT2D eigenvalue weighted by atomic mass is 9.95. The second-order valence-electron chi connectivity index (χ2n) is 6.21. The lowest BCUT2D eigenvalue weighted by molar-refractivity contribution is -0.128. The molecule has 0 spiro atoms. The van der Waals surface area contributed by atoms with Gasteiger partial charge in [0.1, 0.15) is 0 Å². The Kier molecular flexibility index (Phi) is 6.09. The third-order valence-corrected chi connectivity index (χ3v) is 3.55. The van der Waals surface area contributed by atoms with E-state index in [-0.39, 0.29) is 5.91 Å². The summed E-state index contributed by atoms with van der Waals surface area (Å²) in [6.07, 6.45) is 0.183. The van der Waals surface area contributed by atoms with Gasteiger partial charge in [0.05, 0.1) is 6.10 Å². The maximum absolute atomic E-state index is 11.8. The molecule has 1 saturated heterocycles. The molecule has 0 aromatic heterocycles. The molecule has 1 rings (SSSR count). The molecule has 1 fully saturated rings. The minimum atomic E-state index is -0.460. The van der Waals surface area contributed by atoms with Gasteiger partial charge in [-0.3, -0.25) is 4.79 Å². The van der Waals surface area contributed by atoms with Crippen molar-refractivity contribution in [1.82, 2.24) is 10.2 Å². The van der Waals surface area contributed by atoms with Gasteiger partial charge in [-0.25, -0.2) is 0 Å². The summed E-state index contributed by atoms with van der Waals surface area (Å²) in [7, 11) is 0. The lowest BCUT2D eigenvalue weighted by Gasteiger charge is -2.22. The molecule has 0 aliphatic carbocycles. The molecule has 1 amide bonds. The van der Waals surface area contributed by atoms with Gasteiger partial charge in [0.25, 0.3) is 0 Å². The van der Waals surface area contributed by atoms with Crippen LogP contribution in [0.2, 0.25) is 0 Å². The van der Waals surface area contributed by atoms with Crippen molar-refractivity contribution in [3.63, 3.8) is 0 Å². The van der Waals surface area contributed by atoms with Gasteiger partial charge in [0.2, 0.25) is 5.91 Å². The predicted octanol–water partition coefficient (Wildman–Crippen LogP) is 1.10. The molecule has 0 aromatic carbocycles. The number of hydrogen-bond acceptors (Lipinski definition) is 3. The SMILES string of the molecule is CC(C)CNCC(O)CN1CC(C(C)C)CC1=O. The first-order valence-corrected chi connectivity index (χ1v) is 7.06. The molecule has 4 nitrogen and oxygen atoms in total. The van der Waals surface area contributed by atoms with E-state index < -0.39 is 6.10 Å². The second kappa shape index (κ2) is 7.10. The Labute approximate surface area is 111 Å². The zero-order valence-corrected chi connectivity index (χ0v) is 12.1. The number of β-amino-alcohol motifs (C(OH)–C–C–N with tert-alkyl or cyclic N) is 1. The monoisotopic (exact) mass is 256 g/mol. The highest BCUT2D eigenvalue weighted by Crippen LogP contribution is 2.24. The van der Waals surface area contributed by atoms with Crippen LogP contribution in [0.3, 0.4) is 0 Å². The Morgan fingerprint density at radius 1 is 1.33 bits per heavy atom. The van der Waals surface area contributed by atoms with Crippen molar-refractivity contribution < 1.29 is 9.90 Å². The highest BCUT2D eigenvalue weighted by Gasteiger charge is 2.32. The van der Waals surface area contributed by atoms with Gasteiger partial charge in [-0.1, -0.05) is 27.7 Å². The maximum atomic E-state index is 11.8. The molecule has 0 aromatic rings. The van der Waals surface area contributed by atoms with Gasteiger partial charge >= 0.3 is 0 Å². The van der Waals surface area contributed by atoms with Crippen molar-refractivity contribution >= 4 is 5.91 Å². The minimum absolute atomic E-state index is 0.191. The van der Waals surface area contributed by atoms with Crippen molar-refractivity contribution in [3.05, 3.63) is 0 Å². The van der Waals surface area contributed by atoms with Crippen molar-refractivity contribution in [3.8, 4) is 0 Å². The summed E-state index contributed by atoms with van der Waals surface area (Å²) in [4.78, 5) is 13.6. The maximum Gasteiger partial charge on any atom is 0.223 e. The van der Waals surface area contributed by atoms with Crippen molar-refractivity contribution in [1.29, 1.82) is 0 Å². The Balaban J connectivity index is 2.27. The van der Waals surface area contributed by atoms with Crippen LogP contribution in [0, 0.1) is 17.8 Å². The van der Waals surface area contributed by atoms with Crippen LogP contribution >= 0.6 is 0 Å². The average Bonchev–Trinajstić information content (AvgIpc) is 2.60. The molecule has 2 N–H and O–H groups in total. The van der Waals surface area contributed by atoms with Crippen LogP contribution in [0.25, 0.3) is 0 Å². The van der Waals surface area contributed by atoms with Crippen LogP contribution in [0.4, 0.5) is 0 Å². The Morgan fingerprint density at radius 2 is 2.00 bits per heavy atom. The van der Waals surface area contributed by atoms with Crippen LogP contribution in [0.1, 0.15) is 34.1 Å². The summed E-state index contributed by atoms with van der Waals surface area (Å²) in [5.41, 5.74) is 0. The zero-order valence-electron chi connectivity index (χ0n) is 12.1. The highest BCUT2D eigenvalue weighted by atomic mass is 16.3. The van der Waals surface area contributed by atoms with Crippen LogP contribution in [-0.2, 0) is 4.79 Å². The van der Waals surface area contributed by atoms with E-state index in [0.717, 1.165) is 13.1 Å². The fourth-order valence-corrected chi connectivity index (χ4v) is 2.28. The van der Waals surface area contributed by atoms with E-state index in [4.69, 9.17) is 0 Å². The van der Waals surface area contributed by atoms with Crippen LogP contribution in [-0.4, -0.2) is 48.2 Å². The minimum Gasteiger partial charge on any atom is -0.390 e. The largest absolute Gasteiger partial charge is 0.390 e. The molecule has 0 radical (unpaired) electrons. The van der Waals surface area contributed by atoms with Crippen LogP contribution in [0.5, 0.6) is 0 Å². The van der Waals surface area contributed by atoms with E-state index in [0.29, 0.717) is 37.3 Å². The molecule has 1 aliphatic heterocycles. The molecule has 106 valence electrons. The summed E-state index contributed by atoms with van der Waals surface area (Å²) in [6, 6.07) is 0. The first kappa shape index (κ1) is 15.4. The van der Waals surface area contributed by atoms with E-state index in [2.05, 4.69) is 33.0 Å². The third-order valence-electron chi connectivity index (χ3n) is 3.55. The topological polar surface area (TPSA) is 52.6 Å². The van der Waals surface area contributed by atoms with Gasteiger partial charge in [-0.15, -0.1) is 0 Å². The smallest absolute Gasteiger partial charge is 0.223 e. The summed E-state index contributed by atoms with van der Waals surface area (Å²) in [5, 5.41) is 13.1. The summed E-state index contributed by atoms with van der Waals surface area (Å²) in [6.45, 7) is 11.3. The molecule has 1 heterocycles. The summed E-state index contributed by atoms with van der Waals surface area (Å²) in [5.74, 6) is 1.76. The highest BCUT2D eigenvalue weighted by molar-refractivity contribution is 5.78. The molecule has 18 heavy (non-hydrogen) atoms. The van der Waals surface area contributed by atoms with Crippen molar-refractivity contribution in [2.45, 2.75) is 40.2 Å². The van der Waals surface area contributed by atoms with E-state index in [9.17, 15) is 9.90 Å². The number of rotatable bonds is 7. The molecular formula is C14H28N2O2.